The van der Waals surface area contributed by atoms with E-state index < -0.39 is 6.09 Å². The third-order valence-corrected chi connectivity index (χ3v) is 5.21. The second kappa shape index (κ2) is 6.86. The van der Waals surface area contributed by atoms with Crippen molar-refractivity contribution < 1.29 is 14.6 Å². The number of anilines is 2. The summed E-state index contributed by atoms with van der Waals surface area (Å²) < 4.78 is 5.82. The number of rotatable bonds is 5. The Morgan fingerprint density at radius 3 is 2.85 bits per heavy atom. The molecular formula is C20H23N3O3. The van der Waals surface area contributed by atoms with E-state index >= 15 is 0 Å². The van der Waals surface area contributed by atoms with Gasteiger partial charge in [0.25, 0.3) is 0 Å². The number of fused-ring (bicyclic) bond motifs is 1. The van der Waals surface area contributed by atoms with E-state index in [1.165, 1.54) is 18.4 Å². The van der Waals surface area contributed by atoms with Gasteiger partial charge in [-0.1, -0.05) is 12.1 Å². The van der Waals surface area contributed by atoms with E-state index in [1.807, 2.05) is 36.3 Å². The first-order chi connectivity index (χ1) is 12.6. The second-order valence-electron chi connectivity index (χ2n) is 7.03. The second-order valence-corrected chi connectivity index (χ2v) is 7.03. The molecule has 1 saturated carbocycles. The predicted molar refractivity (Wildman–Crippen MR) is 99.6 cm³/mol. The van der Waals surface area contributed by atoms with Crippen LogP contribution in [0.25, 0.3) is 0 Å². The van der Waals surface area contributed by atoms with Crippen molar-refractivity contribution in [2.45, 2.75) is 31.1 Å². The van der Waals surface area contributed by atoms with Crippen LogP contribution in [0.15, 0.2) is 36.5 Å². The molecule has 0 unspecified atom stereocenters. The Bertz CT molecular complexity index is 802. The normalized spacial score (nSPS) is 18.6. The van der Waals surface area contributed by atoms with Crippen molar-refractivity contribution in [2.24, 2.45) is 0 Å². The largest absolute Gasteiger partial charge is 0.493 e. The van der Waals surface area contributed by atoms with Gasteiger partial charge in [-0.3, -0.25) is 0 Å². The minimum absolute atomic E-state index is 0.144. The zero-order valence-electron chi connectivity index (χ0n) is 14.8. The van der Waals surface area contributed by atoms with Gasteiger partial charge in [-0.2, -0.15) is 0 Å². The Balaban J connectivity index is 1.53. The SMILES string of the molecule is CN(c1ccc2c(c1)OCC[C@H]2CNC(=O)O)c1ccc(C2CC2)cn1. The maximum Gasteiger partial charge on any atom is 0.404 e. The molecule has 0 saturated heterocycles. The maximum atomic E-state index is 10.8. The van der Waals surface area contributed by atoms with Gasteiger partial charge in [-0.15, -0.1) is 0 Å². The molecule has 1 aromatic heterocycles. The van der Waals surface area contributed by atoms with E-state index in [0.29, 0.717) is 19.1 Å². The van der Waals surface area contributed by atoms with Gasteiger partial charge >= 0.3 is 6.09 Å². The summed E-state index contributed by atoms with van der Waals surface area (Å²) in [4.78, 5) is 17.4. The lowest BCUT2D eigenvalue weighted by Crippen LogP contribution is -2.29. The van der Waals surface area contributed by atoms with Gasteiger partial charge in [0.2, 0.25) is 0 Å². The lowest BCUT2D eigenvalue weighted by Gasteiger charge is -2.28. The van der Waals surface area contributed by atoms with Crippen molar-refractivity contribution in [1.82, 2.24) is 10.3 Å². The number of carbonyl (C=O) groups is 1. The number of nitrogens with one attached hydrogen (secondary N) is 1. The molecule has 4 rings (SSSR count). The number of hydrogen-bond acceptors (Lipinski definition) is 4. The summed E-state index contributed by atoms with van der Waals surface area (Å²) in [5, 5.41) is 11.3. The average molecular weight is 353 g/mol. The van der Waals surface area contributed by atoms with Crippen LogP contribution >= 0.6 is 0 Å². The first-order valence-corrected chi connectivity index (χ1v) is 9.05. The number of amides is 1. The van der Waals surface area contributed by atoms with Crippen molar-refractivity contribution in [3.63, 3.8) is 0 Å². The van der Waals surface area contributed by atoms with E-state index in [0.717, 1.165) is 29.2 Å². The van der Waals surface area contributed by atoms with E-state index in [1.54, 1.807) is 0 Å². The molecule has 26 heavy (non-hydrogen) atoms. The molecule has 6 heteroatoms. The van der Waals surface area contributed by atoms with Crippen LogP contribution in [0.4, 0.5) is 16.3 Å². The Kier molecular flexibility index (Phi) is 4.41. The third-order valence-electron chi connectivity index (χ3n) is 5.21. The number of nitrogens with zero attached hydrogens (tertiary/aromatic N) is 2. The standard InChI is InChI=1S/C20H23N3O3/c1-23(19-7-4-14(11-21-19)13-2-3-13)16-5-6-17-15(12-22-20(24)25)8-9-26-18(17)10-16/h4-7,10-11,13,15,22H,2-3,8-9,12H2,1H3,(H,24,25)/t15-/m0/s1. The lowest BCUT2D eigenvalue weighted by molar-refractivity contribution is 0.191. The molecule has 2 aromatic rings. The molecule has 1 aliphatic heterocycles. The van der Waals surface area contributed by atoms with Crippen LogP contribution in [0.2, 0.25) is 0 Å². The molecule has 1 aromatic carbocycles. The van der Waals surface area contributed by atoms with Gasteiger partial charge in [-0.25, -0.2) is 9.78 Å². The molecule has 2 aliphatic rings. The quantitative estimate of drug-likeness (QED) is 0.854. The zero-order valence-corrected chi connectivity index (χ0v) is 14.8. The van der Waals surface area contributed by atoms with Crippen LogP contribution in [0.5, 0.6) is 5.75 Å². The fraction of sp³-hybridized carbons (Fsp3) is 0.400. The van der Waals surface area contributed by atoms with Gasteiger partial charge in [0.15, 0.2) is 0 Å². The highest BCUT2D eigenvalue weighted by Crippen LogP contribution is 2.40. The molecule has 1 aliphatic carbocycles. The first-order valence-electron chi connectivity index (χ1n) is 9.05. The highest BCUT2D eigenvalue weighted by molar-refractivity contribution is 5.65. The fourth-order valence-electron chi connectivity index (χ4n) is 3.47. The molecule has 2 N–H and O–H groups in total. The van der Waals surface area contributed by atoms with Crippen LogP contribution in [0.1, 0.15) is 42.2 Å². The fourth-order valence-corrected chi connectivity index (χ4v) is 3.47. The Morgan fingerprint density at radius 1 is 1.31 bits per heavy atom. The summed E-state index contributed by atoms with van der Waals surface area (Å²) in [6, 6.07) is 10.3. The predicted octanol–water partition coefficient (Wildman–Crippen LogP) is 3.86. The zero-order chi connectivity index (χ0) is 18.1. The Labute approximate surface area is 152 Å². The van der Waals surface area contributed by atoms with Crippen LogP contribution in [0, 0.1) is 0 Å². The first kappa shape index (κ1) is 16.7. The van der Waals surface area contributed by atoms with E-state index in [-0.39, 0.29) is 5.92 Å². The van der Waals surface area contributed by atoms with Gasteiger partial charge < -0.3 is 20.1 Å². The number of hydrogen-bond donors (Lipinski definition) is 2. The summed E-state index contributed by atoms with van der Waals surface area (Å²) in [5.41, 5.74) is 3.38. The number of aromatic nitrogens is 1. The van der Waals surface area contributed by atoms with Crippen molar-refractivity contribution >= 4 is 17.6 Å². The average Bonchev–Trinajstić information content (AvgIpc) is 3.50. The molecule has 0 radical (unpaired) electrons. The number of pyridine rings is 1. The third kappa shape index (κ3) is 3.45. The Hall–Kier alpha value is -2.76. The molecule has 1 amide bonds. The van der Waals surface area contributed by atoms with Crippen LogP contribution in [0.3, 0.4) is 0 Å². The lowest BCUT2D eigenvalue weighted by atomic mass is 9.92. The summed E-state index contributed by atoms with van der Waals surface area (Å²) in [7, 11) is 1.99. The molecule has 1 fully saturated rings. The maximum absolute atomic E-state index is 10.8. The van der Waals surface area contributed by atoms with Gasteiger partial charge in [0.05, 0.1) is 6.61 Å². The van der Waals surface area contributed by atoms with E-state index in [2.05, 4.69) is 22.4 Å². The minimum Gasteiger partial charge on any atom is -0.493 e. The summed E-state index contributed by atoms with van der Waals surface area (Å²) in [6.07, 6.45) is 4.35. The molecular weight excluding hydrogens is 330 g/mol. The summed E-state index contributed by atoms with van der Waals surface area (Å²) in [5.74, 6) is 2.57. The van der Waals surface area contributed by atoms with Crippen molar-refractivity contribution in [3.05, 3.63) is 47.7 Å². The number of ether oxygens (including phenoxy) is 1. The van der Waals surface area contributed by atoms with Crippen LogP contribution < -0.4 is 15.0 Å². The van der Waals surface area contributed by atoms with Crippen molar-refractivity contribution in [3.8, 4) is 5.75 Å². The molecule has 1 atom stereocenters. The highest BCUT2D eigenvalue weighted by Gasteiger charge is 2.25. The van der Waals surface area contributed by atoms with E-state index in [4.69, 9.17) is 9.84 Å². The highest BCUT2D eigenvalue weighted by atomic mass is 16.5. The molecule has 6 nitrogen and oxygen atoms in total. The molecule has 2 heterocycles. The van der Waals surface area contributed by atoms with Gasteiger partial charge in [0.1, 0.15) is 11.6 Å². The number of carboxylic acid groups (broad SMARTS) is 1. The topological polar surface area (TPSA) is 74.7 Å². The smallest absolute Gasteiger partial charge is 0.404 e. The van der Waals surface area contributed by atoms with Crippen LogP contribution in [-0.4, -0.2) is 36.4 Å². The monoisotopic (exact) mass is 353 g/mol. The minimum atomic E-state index is -0.991. The van der Waals surface area contributed by atoms with Gasteiger partial charge in [0, 0.05) is 37.5 Å². The van der Waals surface area contributed by atoms with Crippen molar-refractivity contribution in [1.29, 1.82) is 0 Å². The van der Waals surface area contributed by atoms with Gasteiger partial charge in [-0.05, 0) is 48.4 Å². The molecule has 136 valence electrons. The van der Waals surface area contributed by atoms with E-state index in [9.17, 15) is 4.79 Å². The Morgan fingerprint density at radius 2 is 2.15 bits per heavy atom. The number of benzene rings is 1. The van der Waals surface area contributed by atoms with Crippen molar-refractivity contribution in [2.75, 3.05) is 25.1 Å². The molecule has 0 bridgehead atoms. The molecule has 0 spiro atoms. The van der Waals surface area contributed by atoms with Crippen LogP contribution in [-0.2, 0) is 0 Å². The summed E-state index contributed by atoms with van der Waals surface area (Å²) >= 11 is 0. The summed E-state index contributed by atoms with van der Waals surface area (Å²) in [6.45, 7) is 1.01.